The van der Waals surface area contributed by atoms with Crippen LogP contribution >= 0.6 is 11.3 Å². The van der Waals surface area contributed by atoms with E-state index in [1.165, 1.54) is 37.4 Å². The zero-order valence-electron chi connectivity index (χ0n) is 30.4. The Hall–Kier alpha value is -7.41. The van der Waals surface area contributed by atoms with Crippen LogP contribution in [0.25, 0.3) is 115 Å². The molecule has 0 aliphatic rings. The van der Waals surface area contributed by atoms with E-state index in [2.05, 4.69) is 156 Å². The maximum absolute atomic E-state index is 6.91. The van der Waals surface area contributed by atoms with Crippen LogP contribution in [0.15, 0.2) is 186 Å². The van der Waals surface area contributed by atoms with E-state index in [9.17, 15) is 0 Å². The van der Waals surface area contributed by atoms with Gasteiger partial charge in [-0.25, -0.2) is 15.0 Å². The lowest BCUT2D eigenvalue weighted by Gasteiger charge is -2.09. The molecule has 0 amide bonds. The van der Waals surface area contributed by atoms with Gasteiger partial charge in [0.2, 0.25) is 0 Å². The van der Waals surface area contributed by atoms with Gasteiger partial charge in [0.05, 0.1) is 16.7 Å². The van der Waals surface area contributed by atoms with Gasteiger partial charge in [-0.2, -0.15) is 0 Å². The SMILES string of the molecule is c1ccc(-c2ccc3c4ccccc4n(-c4cccc5c4oc4cc(-c6nc(-c7ccccc7)nc(-c7cccc8c7sc7ccccc78)n6)ccc45)c3c2)cc1. The lowest BCUT2D eigenvalue weighted by Crippen LogP contribution is -2.00. The average molecular weight is 747 g/mol. The maximum Gasteiger partial charge on any atom is 0.165 e. The van der Waals surface area contributed by atoms with Gasteiger partial charge in [-0.1, -0.05) is 140 Å². The number of fused-ring (bicyclic) bond motifs is 9. The highest BCUT2D eigenvalue weighted by Crippen LogP contribution is 2.42. The topological polar surface area (TPSA) is 56.7 Å². The Labute approximate surface area is 330 Å². The quantitative estimate of drug-likeness (QED) is 0.176. The van der Waals surface area contributed by atoms with Crippen LogP contribution in [0.4, 0.5) is 0 Å². The number of aromatic nitrogens is 4. The van der Waals surface area contributed by atoms with Crippen molar-refractivity contribution in [1.82, 2.24) is 19.5 Å². The van der Waals surface area contributed by atoms with Crippen molar-refractivity contribution >= 4 is 75.3 Å². The molecule has 0 atom stereocenters. The Kier molecular flexibility index (Phi) is 7.03. The molecule has 0 bridgehead atoms. The van der Waals surface area contributed by atoms with Crippen molar-refractivity contribution in [3.63, 3.8) is 0 Å². The molecule has 0 radical (unpaired) electrons. The van der Waals surface area contributed by atoms with Crippen LogP contribution in [0.1, 0.15) is 0 Å². The smallest absolute Gasteiger partial charge is 0.165 e. The first-order chi connectivity index (χ1) is 28.2. The molecule has 4 aromatic heterocycles. The second kappa shape index (κ2) is 12.6. The molecule has 57 heavy (non-hydrogen) atoms. The molecule has 0 N–H and O–H groups in total. The molecule has 0 fully saturated rings. The molecular formula is C51H30N4OS. The predicted molar refractivity (Wildman–Crippen MR) is 236 cm³/mol. The third-order valence-corrected chi connectivity index (χ3v) is 12.3. The Morgan fingerprint density at radius 2 is 1.04 bits per heavy atom. The van der Waals surface area contributed by atoms with Crippen molar-refractivity contribution in [2.45, 2.75) is 0 Å². The summed E-state index contributed by atoms with van der Waals surface area (Å²) in [6.45, 7) is 0. The van der Waals surface area contributed by atoms with E-state index in [-0.39, 0.29) is 0 Å². The van der Waals surface area contributed by atoms with Gasteiger partial charge in [-0.15, -0.1) is 11.3 Å². The number of furan rings is 1. The van der Waals surface area contributed by atoms with Crippen molar-refractivity contribution < 1.29 is 4.42 Å². The number of nitrogens with zero attached hydrogens (tertiary/aromatic N) is 4. The largest absolute Gasteiger partial charge is 0.454 e. The zero-order valence-corrected chi connectivity index (χ0v) is 31.2. The summed E-state index contributed by atoms with van der Waals surface area (Å²) in [6, 6.07) is 63.8. The van der Waals surface area contributed by atoms with Crippen molar-refractivity contribution in [1.29, 1.82) is 0 Å². The molecule has 0 saturated carbocycles. The summed E-state index contributed by atoms with van der Waals surface area (Å²) < 4.78 is 11.7. The summed E-state index contributed by atoms with van der Waals surface area (Å²) in [6.07, 6.45) is 0. The molecule has 5 nitrogen and oxygen atoms in total. The van der Waals surface area contributed by atoms with Crippen molar-refractivity contribution in [3.8, 4) is 51.0 Å². The van der Waals surface area contributed by atoms with Crippen LogP contribution < -0.4 is 0 Å². The van der Waals surface area contributed by atoms with Crippen molar-refractivity contribution in [2.75, 3.05) is 0 Å². The monoisotopic (exact) mass is 746 g/mol. The third kappa shape index (κ3) is 5.04. The summed E-state index contributed by atoms with van der Waals surface area (Å²) in [5.74, 6) is 1.86. The molecule has 0 aliphatic heterocycles. The summed E-state index contributed by atoms with van der Waals surface area (Å²) in [5.41, 5.74) is 9.99. The number of rotatable bonds is 5. The summed E-state index contributed by atoms with van der Waals surface area (Å²) in [7, 11) is 0. The highest BCUT2D eigenvalue weighted by atomic mass is 32.1. The molecule has 0 saturated heterocycles. The first-order valence-electron chi connectivity index (χ1n) is 19.0. The lowest BCUT2D eigenvalue weighted by molar-refractivity contribution is 0.666. The van der Waals surface area contributed by atoms with Crippen LogP contribution in [-0.4, -0.2) is 19.5 Å². The molecule has 8 aromatic carbocycles. The van der Waals surface area contributed by atoms with Crippen LogP contribution in [0.2, 0.25) is 0 Å². The Morgan fingerprint density at radius 1 is 0.404 bits per heavy atom. The van der Waals surface area contributed by atoms with E-state index < -0.39 is 0 Å². The first kappa shape index (κ1) is 31.9. The number of benzene rings is 8. The third-order valence-electron chi connectivity index (χ3n) is 11.1. The van der Waals surface area contributed by atoms with E-state index >= 15 is 0 Å². The molecule has 12 aromatic rings. The van der Waals surface area contributed by atoms with Gasteiger partial charge in [0.15, 0.2) is 23.1 Å². The van der Waals surface area contributed by atoms with Crippen LogP contribution in [-0.2, 0) is 0 Å². The van der Waals surface area contributed by atoms with E-state index in [1.807, 2.05) is 30.3 Å². The van der Waals surface area contributed by atoms with E-state index in [1.54, 1.807) is 11.3 Å². The number of hydrogen-bond acceptors (Lipinski definition) is 5. The standard InChI is InChI=1S/C51H30N4OS/c1-3-13-31(14-4-1)33-25-27-36-35-17-7-9-22-42(35)55(44(36)29-33)43-23-12-19-39-37-28-26-34(30-45(37)56-47(39)43)50-52-49(32-15-5-2-6-16-32)53-51(54-50)41-21-11-20-40-38-18-8-10-24-46(38)57-48(40)41/h1-30H. The molecule has 6 heteroatoms. The zero-order chi connectivity index (χ0) is 37.5. The minimum absolute atomic E-state index is 0.593. The molecule has 0 spiro atoms. The normalized spacial score (nSPS) is 11.9. The second-order valence-corrected chi connectivity index (χ2v) is 15.4. The fourth-order valence-electron chi connectivity index (χ4n) is 8.40. The fraction of sp³-hybridized carbons (Fsp3) is 0. The number of para-hydroxylation sites is 2. The first-order valence-corrected chi connectivity index (χ1v) is 19.8. The Morgan fingerprint density at radius 3 is 1.89 bits per heavy atom. The van der Waals surface area contributed by atoms with Crippen LogP contribution in [0, 0.1) is 0 Å². The highest BCUT2D eigenvalue weighted by Gasteiger charge is 2.20. The van der Waals surface area contributed by atoms with Gasteiger partial charge in [0, 0.05) is 58.4 Å². The van der Waals surface area contributed by atoms with Gasteiger partial charge < -0.3 is 8.98 Å². The molecule has 4 heterocycles. The minimum atomic E-state index is 0.593. The van der Waals surface area contributed by atoms with Gasteiger partial charge in [-0.05, 0) is 53.6 Å². The Balaban J connectivity index is 1.05. The minimum Gasteiger partial charge on any atom is -0.454 e. The fourth-order valence-corrected chi connectivity index (χ4v) is 9.62. The van der Waals surface area contributed by atoms with Gasteiger partial charge >= 0.3 is 0 Å². The van der Waals surface area contributed by atoms with E-state index in [0.717, 1.165) is 60.0 Å². The highest BCUT2D eigenvalue weighted by molar-refractivity contribution is 7.26. The molecule has 12 rings (SSSR count). The summed E-state index contributed by atoms with van der Waals surface area (Å²) >= 11 is 1.77. The predicted octanol–water partition coefficient (Wildman–Crippen LogP) is 13.9. The van der Waals surface area contributed by atoms with Gasteiger partial charge in [0.1, 0.15) is 5.58 Å². The van der Waals surface area contributed by atoms with E-state index in [4.69, 9.17) is 19.4 Å². The van der Waals surface area contributed by atoms with Gasteiger partial charge in [-0.3, -0.25) is 0 Å². The van der Waals surface area contributed by atoms with Crippen LogP contribution in [0.3, 0.4) is 0 Å². The molecule has 266 valence electrons. The lowest BCUT2D eigenvalue weighted by atomic mass is 10.0. The molecule has 0 aliphatic carbocycles. The number of hydrogen-bond donors (Lipinski definition) is 0. The average Bonchev–Trinajstić information content (AvgIpc) is 3.96. The van der Waals surface area contributed by atoms with Crippen molar-refractivity contribution in [3.05, 3.63) is 182 Å². The summed E-state index contributed by atoms with van der Waals surface area (Å²) in [4.78, 5) is 15.3. The molecule has 0 unspecified atom stereocenters. The maximum atomic E-state index is 6.91. The van der Waals surface area contributed by atoms with E-state index in [0.29, 0.717) is 17.5 Å². The molecular weight excluding hydrogens is 717 g/mol. The summed E-state index contributed by atoms with van der Waals surface area (Å²) in [5, 5.41) is 6.94. The Bertz CT molecular complexity index is 3530. The van der Waals surface area contributed by atoms with Crippen LogP contribution in [0.5, 0.6) is 0 Å². The number of thiophene rings is 1. The van der Waals surface area contributed by atoms with Gasteiger partial charge in [0.25, 0.3) is 0 Å². The van der Waals surface area contributed by atoms with Crippen molar-refractivity contribution in [2.24, 2.45) is 0 Å². The second-order valence-electron chi connectivity index (χ2n) is 14.4.